The van der Waals surface area contributed by atoms with Gasteiger partial charge < -0.3 is 10.7 Å². The van der Waals surface area contributed by atoms with Crippen LogP contribution in [0.5, 0.6) is 0 Å². The summed E-state index contributed by atoms with van der Waals surface area (Å²) < 4.78 is 1.16. The first kappa shape index (κ1) is 10.7. The zero-order chi connectivity index (χ0) is 11.0. The Morgan fingerprint density at radius 2 is 2.13 bits per heavy atom. The first-order valence-corrected chi connectivity index (χ1v) is 5.93. The topological polar surface area (TPSA) is 41.8 Å². The summed E-state index contributed by atoms with van der Waals surface area (Å²) in [6, 6.07) is 6.20. The highest BCUT2D eigenvalue weighted by Gasteiger charge is 2.13. The average molecular weight is 267 g/mol. The lowest BCUT2D eigenvalue weighted by Gasteiger charge is -2.02. The first-order chi connectivity index (χ1) is 7.15. The van der Waals surface area contributed by atoms with Gasteiger partial charge in [-0.25, -0.2) is 0 Å². The van der Waals surface area contributed by atoms with Gasteiger partial charge in [-0.1, -0.05) is 26.0 Å². The molecule has 0 bridgehead atoms. The molecule has 2 nitrogen and oxygen atoms in total. The van der Waals surface area contributed by atoms with E-state index < -0.39 is 0 Å². The molecule has 0 radical (unpaired) electrons. The van der Waals surface area contributed by atoms with Gasteiger partial charge in [0.15, 0.2) is 0 Å². The Morgan fingerprint density at radius 1 is 1.40 bits per heavy atom. The molecule has 0 unspecified atom stereocenters. The van der Waals surface area contributed by atoms with Crippen LogP contribution in [0.1, 0.15) is 31.0 Å². The van der Waals surface area contributed by atoms with Crippen LogP contribution in [-0.2, 0) is 6.54 Å². The van der Waals surface area contributed by atoms with Crippen LogP contribution in [0, 0.1) is 0 Å². The highest BCUT2D eigenvalue weighted by molar-refractivity contribution is 9.10. The van der Waals surface area contributed by atoms with E-state index in [0.29, 0.717) is 12.5 Å². The molecular weight excluding hydrogens is 252 g/mol. The number of fused-ring (bicyclic) bond motifs is 1. The summed E-state index contributed by atoms with van der Waals surface area (Å²) in [7, 11) is 0. The fourth-order valence-electron chi connectivity index (χ4n) is 1.87. The molecule has 0 saturated carbocycles. The van der Waals surface area contributed by atoms with Crippen LogP contribution < -0.4 is 5.73 Å². The number of nitrogens with two attached hydrogens (primary N) is 1. The highest BCUT2D eigenvalue weighted by atomic mass is 79.9. The maximum atomic E-state index is 5.74. The van der Waals surface area contributed by atoms with Crippen molar-refractivity contribution in [1.82, 2.24) is 4.98 Å². The predicted molar refractivity (Wildman–Crippen MR) is 68.0 cm³/mol. The summed E-state index contributed by atoms with van der Waals surface area (Å²) in [6.45, 7) is 4.93. The third kappa shape index (κ3) is 1.70. The maximum Gasteiger partial charge on any atom is 0.0471 e. The molecule has 0 fully saturated rings. The van der Waals surface area contributed by atoms with E-state index in [1.54, 1.807) is 0 Å². The highest BCUT2D eigenvalue weighted by Crippen LogP contribution is 2.34. The molecule has 2 aromatic rings. The lowest BCUT2D eigenvalue weighted by molar-refractivity contribution is 0.831. The van der Waals surface area contributed by atoms with Crippen molar-refractivity contribution in [3.8, 4) is 0 Å². The number of aromatic nitrogens is 1. The minimum Gasteiger partial charge on any atom is -0.357 e. The van der Waals surface area contributed by atoms with E-state index in [-0.39, 0.29) is 0 Å². The second-order valence-electron chi connectivity index (χ2n) is 4.05. The third-order valence-corrected chi connectivity index (χ3v) is 3.50. The Balaban J connectivity index is 2.77. The van der Waals surface area contributed by atoms with Crippen LogP contribution in [0.15, 0.2) is 22.7 Å². The molecule has 3 heteroatoms. The molecule has 0 aliphatic carbocycles. The molecule has 2 rings (SSSR count). The summed E-state index contributed by atoms with van der Waals surface area (Å²) in [5.41, 5.74) is 9.32. The van der Waals surface area contributed by atoms with Crippen molar-refractivity contribution in [1.29, 1.82) is 0 Å². The fraction of sp³-hybridized carbons (Fsp3) is 0.333. The van der Waals surface area contributed by atoms with Gasteiger partial charge in [0.05, 0.1) is 0 Å². The van der Waals surface area contributed by atoms with Crippen molar-refractivity contribution in [2.24, 2.45) is 5.73 Å². The Morgan fingerprint density at radius 3 is 2.73 bits per heavy atom. The number of halogens is 1. The molecular formula is C12H15BrN2. The van der Waals surface area contributed by atoms with Crippen LogP contribution in [0.3, 0.4) is 0 Å². The summed E-state index contributed by atoms with van der Waals surface area (Å²) in [4.78, 5) is 3.44. The van der Waals surface area contributed by atoms with Crippen LogP contribution in [0.4, 0.5) is 0 Å². The number of rotatable bonds is 2. The zero-order valence-corrected chi connectivity index (χ0v) is 10.6. The average Bonchev–Trinajstić information content (AvgIpc) is 2.56. The van der Waals surface area contributed by atoms with Crippen molar-refractivity contribution < 1.29 is 0 Å². The van der Waals surface area contributed by atoms with Crippen LogP contribution in [0.25, 0.3) is 10.9 Å². The first-order valence-electron chi connectivity index (χ1n) is 5.14. The quantitative estimate of drug-likeness (QED) is 0.858. The number of hydrogen-bond donors (Lipinski definition) is 2. The Labute approximate surface area is 98.0 Å². The van der Waals surface area contributed by atoms with E-state index in [0.717, 1.165) is 9.99 Å². The molecule has 0 saturated heterocycles. The Bertz CT molecular complexity index is 486. The SMILES string of the molecule is CC(C)c1[nH]c2cccc(CN)c2c1Br. The van der Waals surface area contributed by atoms with Crippen molar-refractivity contribution in [2.75, 3.05) is 0 Å². The van der Waals surface area contributed by atoms with Gasteiger partial charge in [-0.2, -0.15) is 0 Å². The van der Waals surface area contributed by atoms with Gasteiger partial charge in [0.25, 0.3) is 0 Å². The molecule has 15 heavy (non-hydrogen) atoms. The predicted octanol–water partition coefficient (Wildman–Crippen LogP) is 3.51. The zero-order valence-electron chi connectivity index (χ0n) is 8.97. The molecule has 0 amide bonds. The van der Waals surface area contributed by atoms with E-state index in [1.807, 2.05) is 6.07 Å². The molecule has 0 atom stereocenters. The summed E-state index contributed by atoms with van der Waals surface area (Å²) >= 11 is 3.66. The van der Waals surface area contributed by atoms with Crippen molar-refractivity contribution >= 4 is 26.8 Å². The molecule has 1 aromatic carbocycles. The van der Waals surface area contributed by atoms with E-state index in [2.05, 4.69) is 46.9 Å². The van der Waals surface area contributed by atoms with Gasteiger partial charge in [0, 0.05) is 27.6 Å². The molecule has 0 spiro atoms. The van der Waals surface area contributed by atoms with Gasteiger partial charge in [0.2, 0.25) is 0 Å². The van der Waals surface area contributed by atoms with Crippen LogP contribution in [-0.4, -0.2) is 4.98 Å². The van der Waals surface area contributed by atoms with Crippen LogP contribution in [0.2, 0.25) is 0 Å². The number of benzene rings is 1. The second kappa shape index (κ2) is 3.99. The standard InChI is InChI=1S/C12H15BrN2/c1-7(2)12-11(13)10-8(6-14)4-3-5-9(10)15-12/h3-5,7,15H,6,14H2,1-2H3. The van der Waals surface area contributed by atoms with E-state index in [4.69, 9.17) is 5.73 Å². The normalized spacial score (nSPS) is 11.5. The molecule has 1 aromatic heterocycles. The minimum absolute atomic E-state index is 0.484. The van der Waals surface area contributed by atoms with Gasteiger partial charge in [-0.3, -0.25) is 0 Å². The fourth-order valence-corrected chi connectivity index (χ4v) is 2.89. The van der Waals surface area contributed by atoms with E-state index in [9.17, 15) is 0 Å². The van der Waals surface area contributed by atoms with E-state index >= 15 is 0 Å². The van der Waals surface area contributed by atoms with Gasteiger partial charge in [0.1, 0.15) is 0 Å². The van der Waals surface area contributed by atoms with Crippen LogP contribution >= 0.6 is 15.9 Å². The lowest BCUT2D eigenvalue weighted by Crippen LogP contribution is -1.96. The van der Waals surface area contributed by atoms with Crippen molar-refractivity contribution in [3.63, 3.8) is 0 Å². The Hall–Kier alpha value is -0.800. The summed E-state index contributed by atoms with van der Waals surface area (Å²) in [6.07, 6.45) is 0. The van der Waals surface area contributed by atoms with Crippen molar-refractivity contribution in [2.45, 2.75) is 26.3 Å². The van der Waals surface area contributed by atoms with Gasteiger partial charge in [-0.05, 0) is 33.5 Å². The number of H-pyrrole nitrogens is 1. The number of aromatic amines is 1. The van der Waals surface area contributed by atoms with Crippen molar-refractivity contribution in [3.05, 3.63) is 33.9 Å². The minimum atomic E-state index is 0.484. The monoisotopic (exact) mass is 266 g/mol. The Kier molecular flexibility index (Phi) is 2.85. The molecule has 3 N–H and O–H groups in total. The maximum absolute atomic E-state index is 5.74. The molecule has 0 aliphatic rings. The largest absolute Gasteiger partial charge is 0.357 e. The van der Waals surface area contributed by atoms with Gasteiger partial charge in [-0.15, -0.1) is 0 Å². The molecule has 1 heterocycles. The summed E-state index contributed by atoms with van der Waals surface area (Å²) in [5, 5.41) is 1.23. The smallest absolute Gasteiger partial charge is 0.0471 e. The second-order valence-corrected chi connectivity index (χ2v) is 4.84. The van der Waals surface area contributed by atoms with Gasteiger partial charge >= 0.3 is 0 Å². The molecule has 80 valence electrons. The summed E-state index contributed by atoms with van der Waals surface area (Å²) in [5.74, 6) is 0.484. The van der Waals surface area contributed by atoms with E-state index in [1.165, 1.54) is 16.6 Å². The molecule has 0 aliphatic heterocycles. The lowest BCUT2D eigenvalue weighted by atomic mass is 10.1. The number of nitrogens with one attached hydrogen (secondary N) is 1. The number of hydrogen-bond acceptors (Lipinski definition) is 1. The third-order valence-electron chi connectivity index (χ3n) is 2.67.